The van der Waals surface area contributed by atoms with E-state index in [2.05, 4.69) is 48.2 Å². The fourth-order valence-electron chi connectivity index (χ4n) is 3.26. The van der Waals surface area contributed by atoms with Crippen LogP contribution in [0.5, 0.6) is 0 Å². The summed E-state index contributed by atoms with van der Waals surface area (Å²) in [5, 5.41) is 8.04. The Morgan fingerprint density at radius 2 is 2.24 bits per heavy atom. The van der Waals surface area contributed by atoms with Gasteiger partial charge in [0.1, 0.15) is 0 Å². The lowest BCUT2D eigenvalue weighted by Gasteiger charge is -2.25. The molecule has 0 radical (unpaired) electrons. The van der Waals surface area contributed by atoms with Crippen molar-refractivity contribution in [3.05, 3.63) is 16.1 Å². The van der Waals surface area contributed by atoms with E-state index in [1.54, 1.807) is 0 Å². The number of nitrogens with zero attached hydrogens (tertiary/aromatic N) is 3. The molecule has 0 bridgehead atoms. The van der Waals surface area contributed by atoms with Crippen molar-refractivity contribution < 1.29 is 0 Å². The predicted molar refractivity (Wildman–Crippen MR) is 109 cm³/mol. The minimum atomic E-state index is 0.601. The van der Waals surface area contributed by atoms with E-state index < -0.39 is 0 Å². The highest BCUT2D eigenvalue weighted by atomic mass is 32.1. The maximum Gasteiger partial charge on any atom is 0.191 e. The van der Waals surface area contributed by atoms with Gasteiger partial charge in [-0.15, -0.1) is 11.3 Å². The largest absolute Gasteiger partial charge is 0.357 e. The number of aliphatic imine (C=N–C) groups is 1. The summed E-state index contributed by atoms with van der Waals surface area (Å²) in [6, 6.07) is 0.601. The first kappa shape index (κ1) is 20.2. The first-order valence-electron chi connectivity index (χ1n) is 9.82. The Morgan fingerprint density at radius 1 is 1.40 bits per heavy atom. The number of likely N-dealkylation sites (tertiary alicyclic amines) is 1. The second-order valence-corrected chi connectivity index (χ2v) is 8.35. The number of thiazole rings is 1. The van der Waals surface area contributed by atoms with E-state index in [4.69, 9.17) is 4.99 Å². The lowest BCUT2D eigenvalue weighted by Crippen LogP contribution is -2.40. The topological polar surface area (TPSA) is 52.6 Å². The molecule has 0 unspecified atom stereocenters. The fraction of sp³-hybridized carbons (Fsp3) is 0.789. The van der Waals surface area contributed by atoms with Gasteiger partial charge in [-0.3, -0.25) is 9.89 Å². The SMILES string of the molecule is CCNC(=NC[C@H]1CCCN1CC(C)C)NCCc1ncc(CC)s1. The molecule has 0 aliphatic carbocycles. The van der Waals surface area contributed by atoms with Gasteiger partial charge in [0.05, 0.1) is 11.6 Å². The van der Waals surface area contributed by atoms with Crippen LogP contribution in [0.3, 0.4) is 0 Å². The zero-order valence-electron chi connectivity index (χ0n) is 16.3. The van der Waals surface area contributed by atoms with Crippen molar-refractivity contribution in [1.82, 2.24) is 20.5 Å². The van der Waals surface area contributed by atoms with Crippen molar-refractivity contribution in [2.24, 2.45) is 10.9 Å². The zero-order chi connectivity index (χ0) is 18.1. The van der Waals surface area contributed by atoms with Crippen LogP contribution in [0.1, 0.15) is 50.4 Å². The Kier molecular flexibility index (Phi) is 8.68. The molecule has 25 heavy (non-hydrogen) atoms. The van der Waals surface area contributed by atoms with Gasteiger partial charge in [0.2, 0.25) is 0 Å². The Balaban J connectivity index is 1.80. The molecular weight excluding hydrogens is 330 g/mol. The first-order valence-corrected chi connectivity index (χ1v) is 10.6. The molecule has 1 saturated heterocycles. The third-order valence-corrected chi connectivity index (χ3v) is 5.69. The van der Waals surface area contributed by atoms with Crippen LogP contribution in [0.15, 0.2) is 11.2 Å². The zero-order valence-corrected chi connectivity index (χ0v) is 17.2. The summed E-state index contributed by atoms with van der Waals surface area (Å²) in [5.74, 6) is 1.66. The second-order valence-electron chi connectivity index (χ2n) is 7.16. The smallest absolute Gasteiger partial charge is 0.191 e. The van der Waals surface area contributed by atoms with E-state index in [1.165, 1.54) is 35.8 Å². The molecule has 1 atom stereocenters. The first-order chi connectivity index (χ1) is 12.1. The average Bonchev–Trinajstić information content (AvgIpc) is 3.21. The van der Waals surface area contributed by atoms with Crippen LogP contribution in [0, 0.1) is 5.92 Å². The summed E-state index contributed by atoms with van der Waals surface area (Å²) in [6.45, 7) is 14.0. The van der Waals surface area contributed by atoms with Crippen molar-refractivity contribution in [1.29, 1.82) is 0 Å². The Labute approximate surface area is 157 Å². The molecule has 0 spiro atoms. The molecule has 1 aromatic rings. The number of aryl methyl sites for hydroxylation is 1. The molecule has 6 heteroatoms. The molecule has 2 N–H and O–H groups in total. The van der Waals surface area contributed by atoms with Crippen LogP contribution < -0.4 is 10.6 Å². The number of rotatable bonds is 9. The van der Waals surface area contributed by atoms with Gasteiger partial charge in [-0.2, -0.15) is 0 Å². The number of guanidine groups is 1. The van der Waals surface area contributed by atoms with E-state index in [0.717, 1.165) is 44.4 Å². The van der Waals surface area contributed by atoms with Crippen LogP contribution in [0.2, 0.25) is 0 Å². The van der Waals surface area contributed by atoms with Gasteiger partial charge in [-0.05, 0) is 38.6 Å². The summed E-state index contributed by atoms with van der Waals surface area (Å²) < 4.78 is 0. The molecule has 0 aromatic carbocycles. The van der Waals surface area contributed by atoms with Gasteiger partial charge in [0.15, 0.2) is 5.96 Å². The van der Waals surface area contributed by atoms with Crippen molar-refractivity contribution >= 4 is 17.3 Å². The minimum Gasteiger partial charge on any atom is -0.357 e. The third kappa shape index (κ3) is 6.94. The van der Waals surface area contributed by atoms with Crippen LogP contribution in [0.25, 0.3) is 0 Å². The molecule has 1 aliphatic rings. The predicted octanol–water partition coefficient (Wildman–Crippen LogP) is 2.92. The van der Waals surface area contributed by atoms with Gasteiger partial charge < -0.3 is 10.6 Å². The molecule has 2 heterocycles. The molecule has 1 aromatic heterocycles. The number of nitrogens with one attached hydrogen (secondary N) is 2. The van der Waals surface area contributed by atoms with Crippen molar-refractivity contribution in [2.45, 2.75) is 59.4 Å². The van der Waals surface area contributed by atoms with Crippen molar-refractivity contribution in [2.75, 3.05) is 32.7 Å². The van der Waals surface area contributed by atoms with Crippen molar-refractivity contribution in [3.63, 3.8) is 0 Å². The van der Waals surface area contributed by atoms with Gasteiger partial charge in [-0.1, -0.05) is 20.8 Å². The summed E-state index contributed by atoms with van der Waals surface area (Å²) in [7, 11) is 0. The van der Waals surface area contributed by atoms with Crippen LogP contribution >= 0.6 is 11.3 Å². The van der Waals surface area contributed by atoms with Crippen molar-refractivity contribution in [3.8, 4) is 0 Å². The summed E-state index contributed by atoms with van der Waals surface area (Å²) in [4.78, 5) is 13.3. The highest BCUT2D eigenvalue weighted by molar-refractivity contribution is 7.11. The van der Waals surface area contributed by atoms with Gasteiger partial charge >= 0.3 is 0 Å². The van der Waals surface area contributed by atoms with E-state index >= 15 is 0 Å². The average molecular weight is 366 g/mol. The normalized spacial score (nSPS) is 18.9. The van der Waals surface area contributed by atoms with Crippen LogP contribution in [0.4, 0.5) is 0 Å². The van der Waals surface area contributed by atoms with Gasteiger partial charge in [0.25, 0.3) is 0 Å². The molecule has 2 rings (SSSR count). The molecule has 1 aliphatic heterocycles. The number of aromatic nitrogens is 1. The van der Waals surface area contributed by atoms with Crippen LogP contribution in [-0.2, 0) is 12.8 Å². The molecule has 142 valence electrons. The quantitative estimate of drug-likeness (QED) is 0.522. The van der Waals surface area contributed by atoms with E-state index in [-0.39, 0.29) is 0 Å². The lowest BCUT2D eigenvalue weighted by atomic mass is 10.2. The highest BCUT2D eigenvalue weighted by Crippen LogP contribution is 2.18. The molecule has 0 saturated carbocycles. The third-order valence-electron chi connectivity index (χ3n) is 4.48. The minimum absolute atomic E-state index is 0.601. The summed E-state index contributed by atoms with van der Waals surface area (Å²) in [6.07, 6.45) is 6.61. The Morgan fingerprint density at radius 3 is 2.92 bits per heavy atom. The monoisotopic (exact) mass is 365 g/mol. The van der Waals surface area contributed by atoms with E-state index in [1.807, 2.05) is 17.5 Å². The van der Waals surface area contributed by atoms with E-state index in [9.17, 15) is 0 Å². The number of hydrogen-bond acceptors (Lipinski definition) is 4. The molecule has 5 nitrogen and oxygen atoms in total. The molecule has 1 fully saturated rings. The standard InChI is InChI=1S/C19H35N5S/c1-5-17-13-22-18(25-17)9-10-21-19(20-6-2)23-12-16-8-7-11-24(16)14-15(3)4/h13,15-16H,5-12,14H2,1-4H3,(H2,20,21,23)/t16-/m1/s1. The van der Waals surface area contributed by atoms with Gasteiger partial charge in [0, 0.05) is 43.2 Å². The highest BCUT2D eigenvalue weighted by Gasteiger charge is 2.24. The fourth-order valence-corrected chi connectivity index (χ4v) is 4.13. The molecule has 0 amide bonds. The maximum absolute atomic E-state index is 4.84. The Bertz CT molecular complexity index is 526. The molecular formula is C19H35N5S. The second kappa shape index (κ2) is 10.8. The van der Waals surface area contributed by atoms with Gasteiger partial charge in [-0.25, -0.2) is 4.98 Å². The van der Waals surface area contributed by atoms with E-state index in [0.29, 0.717) is 6.04 Å². The Hall–Kier alpha value is -1.14. The lowest BCUT2D eigenvalue weighted by molar-refractivity contribution is 0.231. The number of hydrogen-bond donors (Lipinski definition) is 2. The van der Waals surface area contributed by atoms with Crippen LogP contribution in [-0.4, -0.2) is 54.6 Å². The summed E-state index contributed by atoms with van der Waals surface area (Å²) in [5.41, 5.74) is 0. The maximum atomic E-state index is 4.84. The summed E-state index contributed by atoms with van der Waals surface area (Å²) >= 11 is 1.82.